The van der Waals surface area contributed by atoms with Crippen LogP contribution in [0.25, 0.3) is 0 Å². The molecule has 1 aromatic heterocycles. The van der Waals surface area contributed by atoms with Crippen molar-refractivity contribution in [3.8, 4) is 11.5 Å². The van der Waals surface area contributed by atoms with Gasteiger partial charge in [-0.25, -0.2) is 4.98 Å². The molecule has 2 heterocycles. The van der Waals surface area contributed by atoms with Gasteiger partial charge in [0.2, 0.25) is 0 Å². The van der Waals surface area contributed by atoms with Gasteiger partial charge in [0.1, 0.15) is 23.7 Å². The van der Waals surface area contributed by atoms with Crippen LogP contribution in [0, 0.1) is 6.92 Å². The predicted molar refractivity (Wildman–Crippen MR) is 81.9 cm³/mol. The molecular formula is C16H19NO3S. The fourth-order valence-corrected chi connectivity index (χ4v) is 3.11. The molecule has 0 saturated carbocycles. The molecule has 0 spiro atoms. The average Bonchev–Trinajstić information content (AvgIpc) is 2.80. The van der Waals surface area contributed by atoms with Crippen LogP contribution < -0.4 is 9.47 Å². The van der Waals surface area contributed by atoms with Gasteiger partial charge in [-0.15, -0.1) is 11.3 Å². The number of nitrogens with zero attached hydrogens (tertiary/aromatic N) is 1. The zero-order valence-corrected chi connectivity index (χ0v) is 13.2. The summed E-state index contributed by atoms with van der Waals surface area (Å²) in [6.45, 7) is 6.37. The Balaban J connectivity index is 1.76. The molecule has 4 nitrogen and oxygen atoms in total. The number of thiazole rings is 1. The number of aliphatic hydroxyl groups excluding tert-OH is 1. The fraction of sp³-hybridized carbons (Fsp3) is 0.438. The summed E-state index contributed by atoms with van der Waals surface area (Å²) in [6, 6.07) is 5.58. The molecule has 2 aromatic rings. The first-order chi connectivity index (χ1) is 9.93. The molecule has 112 valence electrons. The fourth-order valence-electron chi connectivity index (χ4n) is 2.51. The van der Waals surface area contributed by atoms with E-state index in [0.717, 1.165) is 22.0 Å². The van der Waals surface area contributed by atoms with Crippen molar-refractivity contribution in [2.24, 2.45) is 0 Å². The second-order valence-electron chi connectivity index (χ2n) is 5.93. The summed E-state index contributed by atoms with van der Waals surface area (Å²) >= 11 is 1.61. The first-order valence-electron chi connectivity index (χ1n) is 6.98. The van der Waals surface area contributed by atoms with Gasteiger partial charge in [-0.1, -0.05) is 0 Å². The summed E-state index contributed by atoms with van der Waals surface area (Å²) in [4.78, 5) is 4.37. The molecule has 1 aromatic carbocycles. The lowest BCUT2D eigenvalue weighted by atomic mass is 9.92. The highest BCUT2D eigenvalue weighted by molar-refractivity contribution is 7.09. The van der Waals surface area contributed by atoms with Gasteiger partial charge in [0.15, 0.2) is 0 Å². The van der Waals surface area contributed by atoms with E-state index in [2.05, 4.69) is 4.98 Å². The Labute approximate surface area is 128 Å². The van der Waals surface area contributed by atoms with E-state index >= 15 is 0 Å². The van der Waals surface area contributed by atoms with Crippen LogP contribution >= 0.6 is 11.3 Å². The lowest BCUT2D eigenvalue weighted by Crippen LogP contribution is -2.34. The lowest BCUT2D eigenvalue weighted by Gasteiger charge is -2.35. The largest absolute Gasteiger partial charge is 0.487 e. The third kappa shape index (κ3) is 3.19. The maximum absolute atomic E-state index is 10.2. The van der Waals surface area contributed by atoms with Crippen LogP contribution in [0.2, 0.25) is 0 Å². The summed E-state index contributed by atoms with van der Waals surface area (Å²) in [5, 5.41) is 13.2. The molecule has 0 saturated heterocycles. The van der Waals surface area contributed by atoms with Crippen LogP contribution in [0.4, 0.5) is 0 Å². The highest BCUT2D eigenvalue weighted by atomic mass is 32.1. The van der Waals surface area contributed by atoms with Crippen molar-refractivity contribution < 1.29 is 14.6 Å². The molecule has 1 aliphatic rings. The Hall–Kier alpha value is -1.59. The summed E-state index contributed by atoms with van der Waals surface area (Å²) in [5.41, 5.74) is 1.39. The van der Waals surface area contributed by atoms with Gasteiger partial charge in [-0.2, -0.15) is 0 Å². The van der Waals surface area contributed by atoms with Crippen molar-refractivity contribution >= 4 is 11.3 Å². The molecular weight excluding hydrogens is 286 g/mol. The Morgan fingerprint density at radius 3 is 3.00 bits per heavy atom. The van der Waals surface area contributed by atoms with Gasteiger partial charge >= 0.3 is 0 Å². The molecule has 1 unspecified atom stereocenters. The quantitative estimate of drug-likeness (QED) is 0.941. The minimum atomic E-state index is -0.487. The smallest absolute Gasteiger partial charge is 0.131 e. The number of hydrogen-bond donors (Lipinski definition) is 1. The predicted octanol–water partition coefficient (Wildman–Crippen LogP) is 3.63. The summed E-state index contributed by atoms with van der Waals surface area (Å²) in [5.74, 6) is 1.43. The van der Waals surface area contributed by atoms with Gasteiger partial charge < -0.3 is 14.6 Å². The lowest BCUT2D eigenvalue weighted by molar-refractivity contribution is 0.0113. The number of fused-ring (bicyclic) bond motifs is 1. The Morgan fingerprint density at radius 1 is 1.48 bits per heavy atom. The first-order valence-corrected chi connectivity index (χ1v) is 7.86. The highest BCUT2D eigenvalue weighted by Crippen LogP contribution is 2.41. The highest BCUT2D eigenvalue weighted by Gasteiger charge is 2.32. The molecule has 1 atom stereocenters. The number of benzene rings is 1. The zero-order valence-electron chi connectivity index (χ0n) is 12.4. The number of hydrogen-bond acceptors (Lipinski definition) is 5. The number of aromatic nitrogens is 1. The van der Waals surface area contributed by atoms with Gasteiger partial charge in [0, 0.05) is 23.4 Å². The number of rotatable bonds is 3. The average molecular weight is 305 g/mol. The van der Waals surface area contributed by atoms with E-state index < -0.39 is 6.10 Å². The van der Waals surface area contributed by atoms with Crippen molar-refractivity contribution in [1.82, 2.24) is 4.98 Å². The van der Waals surface area contributed by atoms with Gasteiger partial charge in [0.05, 0.1) is 16.8 Å². The molecule has 1 aliphatic heterocycles. The second-order valence-corrected chi connectivity index (χ2v) is 6.99. The molecule has 0 bridgehead atoms. The summed E-state index contributed by atoms with van der Waals surface area (Å²) in [6.07, 6.45) is 0.108. The van der Waals surface area contributed by atoms with Gasteiger partial charge in [0.25, 0.3) is 0 Å². The third-order valence-electron chi connectivity index (χ3n) is 3.47. The Morgan fingerprint density at radius 2 is 2.29 bits per heavy atom. The van der Waals surface area contributed by atoms with Crippen LogP contribution in [-0.2, 0) is 6.61 Å². The Bertz CT molecular complexity index is 651. The summed E-state index contributed by atoms with van der Waals surface area (Å²) in [7, 11) is 0. The minimum absolute atomic E-state index is 0.364. The van der Waals surface area contributed by atoms with Crippen molar-refractivity contribution in [3.05, 3.63) is 39.8 Å². The van der Waals surface area contributed by atoms with E-state index in [4.69, 9.17) is 9.47 Å². The Kier molecular flexibility index (Phi) is 3.63. The molecule has 0 radical (unpaired) electrons. The number of ether oxygens (including phenoxy) is 2. The topological polar surface area (TPSA) is 51.6 Å². The van der Waals surface area contributed by atoms with Crippen LogP contribution in [0.3, 0.4) is 0 Å². The SMILES string of the molecule is Cc1nc(COc2ccc3c(c2)OC(C)(C)CC3O)cs1. The van der Waals surface area contributed by atoms with E-state index in [0.29, 0.717) is 18.8 Å². The van der Waals surface area contributed by atoms with E-state index in [1.807, 2.05) is 44.4 Å². The van der Waals surface area contributed by atoms with Crippen molar-refractivity contribution in [2.45, 2.75) is 45.5 Å². The molecule has 3 rings (SSSR count). The number of aliphatic hydroxyl groups is 1. The van der Waals surface area contributed by atoms with Gasteiger partial charge in [-0.3, -0.25) is 0 Å². The standard InChI is InChI=1S/C16H19NO3S/c1-10-17-11(9-21-10)8-19-12-4-5-13-14(18)7-16(2,3)20-15(13)6-12/h4-6,9,14,18H,7-8H2,1-3H3. The van der Waals surface area contributed by atoms with Crippen LogP contribution in [0.15, 0.2) is 23.6 Å². The molecule has 21 heavy (non-hydrogen) atoms. The zero-order chi connectivity index (χ0) is 15.0. The third-order valence-corrected chi connectivity index (χ3v) is 4.29. The minimum Gasteiger partial charge on any atom is -0.487 e. The van der Waals surface area contributed by atoms with Crippen LogP contribution in [0.1, 0.15) is 42.6 Å². The van der Waals surface area contributed by atoms with Crippen LogP contribution in [-0.4, -0.2) is 15.7 Å². The number of aryl methyl sites for hydroxylation is 1. The second kappa shape index (κ2) is 5.31. The van der Waals surface area contributed by atoms with E-state index in [1.165, 1.54) is 0 Å². The van der Waals surface area contributed by atoms with Crippen molar-refractivity contribution in [1.29, 1.82) is 0 Å². The van der Waals surface area contributed by atoms with E-state index in [1.54, 1.807) is 11.3 Å². The molecule has 5 heteroatoms. The van der Waals surface area contributed by atoms with Crippen molar-refractivity contribution in [3.63, 3.8) is 0 Å². The molecule has 1 N–H and O–H groups in total. The monoisotopic (exact) mass is 305 g/mol. The van der Waals surface area contributed by atoms with E-state index in [9.17, 15) is 5.11 Å². The summed E-state index contributed by atoms with van der Waals surface area (Å²) < 4.78 is 11.7. The normalized spacial score (nSPS) is 19.7. The van der Waals surface area contributed by atoms with Crippen LogP contribution in [0.5, 0.6) is 11.5 Å². The first kappa shape index (κ1) is 14.4. The van der Waals surface area contributed by atoms with Crippen molar-refractivity contribution in [2.75, 3.05) is 0 Å². The molecule has 0 fully saturated rings. The maximum Gasteiger partial charge on any atom is 0.131 e. The maximum atomic E-state index is 10.2. The van der Waals surface area contributed by atoms with E-state index in [-0.39, 0.29) is 5.60 Å². The molecule has 0 amide bonds. The molecule has 0 aliphatic carbocycles. The van der Waals surface area contributed by atoms with Gasteiger partial charge in [-0.05, 0) is 32.9 Å².